The van der Waals surface area contributed by atoms with Crippen LogP contribution in [-0.2, 0) is 23.7 Å². The van der Waals surface area contributed by atoms with Crippen molar-refractivity contribution in [2.45, 2.75) is 83.0 Å². The summed E-state index contributed by atoms with van der Waals surface area (Å²) in [7, 11) is 0. The molecule has 2 saturated heterocycles. The third-order valence-electron chi connectivity index (χ3n) is 11.1. The molecule has 0 amide bonds. The predicted octanol–water partition coefficient (Wildman–Crippen LogP) is 7.46. The number of rotatable bonds is 5. The Morgan fingerprint density at radius 3 is 2.19 bits per heavy atom. The standard InChI is InChI=1S/C34H38Cl2O7/c1-21-12-13-26-31(2,19-41-29(38)22-8-4-6-10-24(22)35)27(42-30(39)23-9-5-7-11-25(23)36)14-15-32(26,3)34(21)17-16-33(43-34)18-28(37)40-20-33/h4-11,21,26-27H,12-20H2,1-3H3/t21-,26?,27+,31+,32+,33?,34-/m1/s1. The van der Waals surface area contributed by atoms with Crippen molar-refractivity contribution in [1.82, 2.24) is 0 Å². The summed E-state index contributed by atoms with van der Waals surface area (Å²) in [6.07, 6.45) is 4.37. The van der Waals surface area contributed by atoms with Crippen molar-refractivity contribution in [2.75, 3.05) is 13.2 Å². The molecule has 4 fully saturated rings. The van der Waals surface area contributed by atoms with Crippen LogP contribution >= 0.6 is 23.2 Å². The highest BCUT2D eigenvalue weighted by Crippen LogP contribution is 2.68. The Bertz CT molecular complexity index is 1450. The van der Waals surface area contributed by atoms with E-state index < -0.39 is 34.7 Å². The molecule has 6 rings (SSSR count). The van der Waals surface area contributed by atoms with Crippen molar-refractivity contribution < 1.29 is 33.3 Å². The minimum atomic E-state index is -0.741. The largest absolute Gasteiger partial charge is 0.463 e. The number of halogens is 2. The summed E-state index contributed by atoms with van der Waals surface area (Å²) in [6, 6.07) is 13.6. The first-order chi connectivity index (χ1) is 20.4. The maximum Gasteiger partial charge on any atom is 0.339 e. The second kappa shape index (κ2) is 11.1. The van der Waals surface area contributed by atoms with Crippen LogP contribution in [0.4, 0.5) is 0 Å². The van der Waals surface area contributed by atoms with E-state index in [1.54, 1.807) is 48.5 Å². The molecule has 7 nitrogen and oxygen atoms in total. The van der Waals surface area contributed by atoms with Gasteiger partial charge in [-0.3, -0.25) is 4.79 Å². The topological polar surface area (TPSA) is 88.1 Å². The number of cyclic esters (lactones) is 1. The molecule has 2 unspecified atom stereocenters. The number of carbonyl (C=O) groups excluding carboxylic acids is 3. The first-order valence-electron chi connectivity index (χ1n) is 15.2. The summed E-state index contributed by atoms with van der Waals surface area (Å²) in [5.74, 6) is -0.998. The molecule has 2 spiro atoms. The van der Waals surface area contributed by atoms with Gasteiger partial charge in [-0.1, -0.05) is 68.2 Å². The highest BCUT2D eigenvalue weighted by atomic mass is 35.5. The van der Waals surface area contributed by atoms with Crippen molar-refractivity contribution in [1.29, 1.82) is 0 Å². The molecule has 0 aromatic heterocycles. The van der Waals surface area contributed by atoms with E-state index in [-0.39, 0.29) is 48.4 Å². The van der Waals surface area contributed by atoms with Gasteiger partial charge >= 0.3 is 17.9 Å². The van der Waals surface area contributed by atoms with Gasteiger partial charge in [-0.15, -0.1) is 0 Å². The molecule has 4 aliphatic rings. The first kappa shape index (κ1) is 30.4. The monoisotopic (exact) mass is 628 g/mol. The number of ether oxygens (including phenoxy) is 4. The summed E-state index contributed by atoms with van der Waals surface area (Å²) < 4.78 is 24.8. The van der Waals surface area contributed by atoms with Crippen LogP contribution in [0.25, 0.3) is 0 Å². The van der Waals surface area contributed by atoms with Gasteiger partial charge in [0.05, 0.1) is 33.2 Å². The smallest absolute Gasteiger partial charge is 0.339 e. The number of carbonyl (C=O) groups is 3. The second-order valence-corrected chi connectivity index (χ2v) is 14.2. The van der Waals surface area contributed by atoms with Gasteiger partial charge in [0, 0.05) is 10.8 Å². The fraction of sp³-hybridized carbons (Fsp3) is 0.559. The lowest BCUT2D eigenvalue weighted by Crippen LogP contribution is -2.67. The number of hydrogen-bond acceptors (Lipinski definition) is 7. The summed E-state index contributed by atoms with van der Waals surface area (Å²) in [6.45, 7) is 6.91. The van der Waals surface area contributed by atoms with Gasteiger partial charge in [-0.05, 0) is 74.6 Å². The highest BCUT2D eigenvalue weighted by Gasteiger charge is 2.70. The van der Waals surface area contributed by atoms with Crippen molar-refractivity contribution in [2.24, 2.45) is 22.7 Å². The van der Waals surface area contributed by atoms with E-state index in [0.717, 1.165) is 32.1 Å². The van der Waals surface area contributed by atoms with E-state index in [9.17, 15) is 14.4 Å². The zero-order valence-corrected chi connectivity index (χ0v) is 26.3. The second-order valence-electron chi connectivity index (χ2n) is 13.4. The Hall–Kier alpha value is -2.61. The third kappa shape index (κ3) is 4.96. The molecule has 2 aromatic carbocycles. The molecular formula is C34H38Cl2O7. The minimum Gasteiger partial charge on any atom is -0.463 e. The summed E-state index contributed by atoms with van der Waals surface area (Å²) in [5, 5.41) is 0.639. The van der Waals surface area contributed by atoms with E-state index in [4.69, 9.17) is 42.1 Å². The average Bonchev–Trinajstić information content (AvgIpc) is 3.55. The van der Waals surface area contributed by atoms with Crippen molar-refractivity contribution >= 4 is 41.1 Å². The van der Waals surface area contributed by atoms with Crippen molar-refractivity contribution in [3.8, 4) is 0 Å². The van der Waals surface area contributed by atoms with Crippen LogP contribution in [0.3, 0.4) is 0 Å². The zero-order valence-electron chi connectivity index (χ0n) is 24.8. The maximum absolute atomic E-state index is 13.5. The van der Waals surface area contributed by atoms with E-state index >= 15 is 0 Å². The van der Waals surface area contributed by atoms with Gasteiger partial charge < -0.3 is 18.9 Å². The highest BCUT2D eigenvalue weighted by molar-refractivity contribution is 6.34. The number of hydrogen-bond donors (Lipinski definition) is 0. The molecule has 2 heterocycles. The Morgan fingerprint density at radius 1 is 0.907 bits per heavy atom. The van der Waals surface area contributed by atoms with Gasteiger partial charge in [-0.25, -0.2) is 9.59 Å². The normalized spacial score (nSPS) is 36.8. The van der Waals surface area contributed by atoms with Crippen LogP contribution in [0.15, 0.2) is 48.5 Å². The average molecular weight is 630 g/mol. The molecule has 2 aromatic rings. The number of benzene rings is 2. The van der Waals surface area contributed by atoms with Crippen molar-refractivity contribution in [3.05, 3.63) is 69.7 Å². The first-order valence-corrected chi connectivity index (χ1v) is 15.9. The molecular weight excluding hydrogens is 591 g/mol. The SMILES string of the molecule is C[C@@H]1CCC2[C@](C)(COC(=O)c3ccccc3Cl)[C@@H](OC(=O)c3ccccc3Cl)CC[C@]2(C)[C@@]12CCC1(COC(=O)C1)O2. The lowest BCUT2D eigenvalue weighted by molar-refractivity contribution is -0.265. The van der Waals surface area contributed by atoms with Crippen LogP contribution in [0.1, 0.15) is 86.4 Å². The Balaban J connectivity index is 1.35. The van der Waals surface area contributed by atoms with E-state index in [1.807, 2.05) is 0 Å². The maximum atomic E-state index is 13.5. The quantitative estimate of drug-likeness (QED) is 0.251. The Morgan fingerprint density at radius 2 is 1.56 bits per heavy atom. The number of fused-ring (bicyclic) bond motifs is 2. The minimum absolute atomic E-state index is 0.0128. The summed E-state index contributed by atoms with van der Waals surface area (Å²) in [4.78, 5) is 38.9. The van der Waals surface area contributed by atoms with Gasteiger partial charge in [0.2, 0.25) is 0 Å². The van der Waals surface area contributed by atoms with Crippen LogP contribution in [0.2, 0.25) is 10.0 Å². The molecule has 2 saturated carbocycles. The molecule has 2 aliphatic carbocycles. The number of esters is 3. The molecule has 0 bridgehead atoms. The predicted molar refractivity (Wildman–Crippen MR) is 161 cm³/mol. The summed E-state index contributed by atoms with van der Waals surface area (Å²) >= 11 is 12.7. The van der Waals surface area contributed by atoms with Crippen LogP contribution in [0.5, 0.6) is 0 Å². The molecule has 7 atom stereocenters. The molecule has 0 radical (unpaired) electrons. The molecule has 230 valence electrons. The van der Waals surface area contributed by atoms with Crippen molar-refractivity contribution in [3.63, 3.8) is 0 Å². The Kier molecular flexibility index (Phi) is 7.84. The Labute approximate surface area is 262 Å². The zero-order chi connectivity index (χ0) is 30.6. The fourth-order valence-electron chi connectivity index (χ4n) is 8.84. The molecule has 9 heteroatoms. The van der Waals surface area contributed by atoms with Crippen LogP contribution in [-0.4, -0.2) is 48.4 Å². The fourth-order valence-corrected chi connectivity index (χ4v) is 9.27. The van der Waals surface area contributed by atoms with E-state index in [0.29, 0.717) is 22.0 Å². The van der Waals surface area contributed by atoms with Crippen LogP contribution in [0, 0.1) is 22.7 Å². The lowest BCUT2D eigenvalue weighted by Gasteiger charge is -2.65. The van der Waals surface area contributed by atoms with Crippen LogP contribution < -0.4 is 0 Å². The third-order valence-corrected chi connectivity index (χ3v) is 11.8. The lowest BCUT2D eigenvalue weighted by atomic mass is 9.43. The van der Waals surface area contributed by atoms with Gasteiger partial charge in [0.1, 0.15) is 24.9 Å². The van der Waals surface area contributed by atoms with Gasteiger partial charge in [-0.2, -0.15) is 0 Å². The van der Waals surface area contributed by atoms with Gasteiger partial charge in [0.15, 0.2) is 0 Å². The van der Waals surface area contributed by atoms with E-state index in [2.05, 4.69) is 20.8 Å². The van der Waals surface area contributed by atoms with E-state index in [1.165, 1.54) is 0 Å². The molecule has 0 N–H and O–H groups in total. The summed E-state index contributed by atoms with van der Waals surface area (Å²) in [5.41, 5.74) is -1.58. The molecule has 43 heavy (non-hydrogen) atoms. The molecule has 2 aliphatic heterocycles. The van der Waals surface area contributed by atoms with Gasteiger partial charge in [0.25, 0.3) is 0 Å².